The van der Waals surface area contributed by atoms with Gasteiger partial charge in [0.05, 0.1) is 23.8 Å². The highest BCUT2D eigenvalue weighted by Crippen LogP contribution is 2.23. The van der Waals surface area contributed by atoms with E-state index < -0.39 is 119 Å². The zero-order valence-corrected chi connectivity index (χ0v) is 47.7. The monoisotopic (exact) mass is 1510 g/mol. The highest BCUT2D eigenvalue weighted by Gasteiger charge is 2.32. The van der Waals surface area contributed by atoms with Gasteiger partial charge in [-0.25, -0.2) is 14.4 Å². The van der Waals surface area contributed by atoms with Crippen molar-refractivity contribution in [3.05, 3.63) is 212 Å². The molecule has 7 aromatic carbocycles. The van der Waals surface area contributed by atoms with Crippen molar-refractivity contribution in [3.8, 4) is 23.0 Å². The van der Waals surface area contributed by atoms with E-state index in [9.17, 15) is 58.7 Å². The molecule has 0 radical (unpaired) electrons. The Labute approximate surface area is 473 Å². The minimum Gasteiger partial charge on any atom is -0.465 e. The van der Waals surface area contributed by atoms with Gasteiger partial charge in [0.1, 0.15) is 23.0 Å². The first-order valence-electron chi connectivity index (χ1n) is 21.4. The second-order valence-electron chi connectivity index (χ2n) is 14.7. The Morgan fingerprint density at radius 2 is 0.711 bits per heavy atom. The van der Waals surface area contributed by atoms with Crippen molar-refractivity contribution in [2.45, 2.75) is 25.6 Å². The summed E-state index contributed by atoms with van der Waals surface area (Å²) in [6.07, 6.45) is -13.8. The Balaban J connectivity index is 0.000000213. The lowest BCUT2D eigenvalue weighted by molar-refractivity contribution is -0.597. The molecule has 0 saturated carbocycles. The molecule has 0 aromatic heterocycles. The van der Waals surface area contributed by atoms with Crippen molar-refractivity contribution in [1.29, 1.82) is 0 Å². The molecule has 0 aliphatic carbocycles. The Hall–Kier alpha value is -5.69. The zero-order valence-electron chi connectivity index (χ0n) is 39.1. The van der Waals surface area contributed by atoms with E-state index in [0.29, 0.717) is 11.3 Å². The topological polar surface area (TPSA) is 124 Å². The van der Waals surface area contributed by atoms with Crippen LogP contribution in [0.15, 0.2) is 170 Å². The number of methoxy groups -OCH3 is 1. The first-order valence-corrected chi connectivity index (χ1v) is 28.9. The number of carbonyl (C=O) groups is 4. The molecule has 0 saturated heterocycles. The molecule has 0 aliphatic rings. The van der Waals surface area contributed by atoms with E-state index in [1.165, 1.54) is 50.4 Å². The summed E-state index contributed by atoms with van der Waals surface area (Å²) in [5, 5.41) is 0. The Morgan fingerprint density at radius 3 is 1.01 bits per heavy atom. The zero-order chi connectivity index (χ0) is 55.5. The van der Waals surface area contributed by atoms with Crippen molar-refractivity contribution in [2.24, 2.45) is 0 Å². The van der Waals surface area contributed by atoms with Crippen LogP contribution in [0.5, 0.6) is 23.0 Å². The predicted molar refractivity (Wildman–Crippen MR) is 252 cm³/mol. The second-order valence-corrected chi connectivity index (χ2v) is 25.1. The van der Waals surface area contributed by atoms with Crippen molar-refractivity contribution in [3.63, 3.8) is 0 Å². The molecule has 0 unspecified atom stereocenters. The van der Waals surface area contributed by atoms with Crippen molar-refractivity contribution in [1.82, 2.24) is 0 Å². The summed E-state index contributed by atoms with van der Waals surface area (Å²) in [6, 6.07) is 48.1. The quantitative estimate of drug-likeness (QED) is 0.0492. The molecule has 0 N–H and O–H groups in total. The highest BCUT2D eigenvalue weighted by atomic mass is 127. The Morgan fingerprint density at radius 1 is 0.421 bits per heavy atom. The molecule has 10 nitrogen and oxygen atoms in total. The van der Waals surface area contributed by atoms with Crippen LogP contribution in [0.25, 0.3) is 0 Å². The van der Waals surface area contributed by atoms with E-state index in [2.05, 4.69) is 41.5 Å². The summed E-state index contributed by atoms with van der Waals surface area (Å²) in [4.78, 5) is 45.3. The van der Waals surface area contributed by atoms with Crippen LogP contribution in [-0.4, -0.2) is 62.9 Å². The summed E-state index contributed by atoms with van der Waals surface area (Å²) < 4.78 is 144. The van der Waals surface area contributed by atoms with Gasteiger partial charge in [0.25, 0.3) is 0 Å². The molecule has 0 heterocycles. The smallest absolute Gasteiger partial charge is 0.465 e. The fourth-order valence-corrected chi connectivity index (χ4v) is 12.4. The molecule has 0 bridgehead atoms. The summed E-state index contributed by atoms with van der Waals surface area (Å²) in [5.74, 6) is -1.06. The fourth-order valence-electron chi connectivity index (χ4n) is 5.54. The van der Waals surface area contributed by atoms with Crippen LogP contribution in [-0.2, 0) is 19.0 Å². The van der Waals surface area contributed by atoms with Crippen molar-refractivity contribution in [2.75, 3.05) is 20.3 Å². The number of alkyl halides is 9. The normalized spacial score (nSPS) is 11.1. The van der Waals surface area contributed by atoms with Gasteiger partial charge in [-0.05, 0) is 192 Å². The van der Waals surface area contributed by atoms with Crippen molar-refractivity contribution >= 4 is 46.5 Å². The highest BCUT2D eigenvalue weighted by molar-refractivity contribution is 14.1. The van der Waals surface area contributed by atoms with E-state index in [1.54, 1.807) is 60.7 Å². The van der Waals surface area contributed by atoms with Crippen LogP contribution in [0.4, 0.5) is 39.5 Å². The van der Waals surface area contributed by atoms with E-state index in [4.69, 9.17) is 9.47 Å². The maximum absolute atomic E-state index is 12.1. The minimum atomic E-state index is -4.68. The van der Waals surface area contributed by atoms with Crippen LogP contribution in [0, 0.1) is 25.0 Å². The molecule has 0 spiro atoms. The van der Waals surface area contributed by atoms with Gasteiger partial charge in [0.15, 0.2) is 34.6 Å². The van der Waals surface area contributed by atoms with Gasteiger partial charge in [-0.1, -0.05) is 0 Å². The van der Waals surface area contributed by atoms with Gasteiger partial charge in [0, 0.05) is 10.5 Å². The predicted octanol–water partition coefficient (Wildman–Crippen LogP) is 3.89. The molecule has 398 valence electrons. The van der Waals surface area contributed by atoms with Crippen molar-refractivity contribution < 1.29 is 151 Å². The van der Waals surface area contributed by atoms with E-state index in [0.717, 1.165) is 36.5 Å². The molecule has 76 heavy (non-hydrogen) atoms. The maximum atomic E-state index is 12.1. The number of hydrogen-bond acceptors (Lipinski definition) is 10. The molecule has 0 amide bonds. The summed E-state index contributed by atoms with van der Waals surface area (Å²) in [7, 11) is 1.31. The lowest BCUT2D eigenvalue weighted by Crippen LogP contribution is -3.61. The SMILES string of the molecule is CC(=O)Oc1ccc([I+]c2ccc(C(=O)OCC(F)(F)F)cc2)cc1.COC(=O)c1ccc([I+]c2ccc(OC(F)(F)F)cc2)cc1.O=C(OCC(F)(F)F)c1ccc([I+]c2ccc(Oc3ccc(I)cc3)cc2)cc1. The minimum absolute atomic E-state index is 0.0715. The fraction of sp³-hybridized carbons (Fsp3) is 0.132. The van der Waals surface area contributed by atoms with Gasteiger partial charge < -0.3 is 28.4 Å². The maximum Gasteiger partial charge on any atom is 0.573 e. The number of rotatable bonds is 15. The lowest BCUT2D eigenvalue weighted by Gasteiger charge is -2.07. The molecule has 7 rings (SSSR count). The lowest BCUT2D eigenvalue weighted by atomic mass is 10.2. The number of ether oxygens (including phenoxy) is 6. The first-order chi connectivity index (χ1) is 35.9. The number of esters is 4. The molecule has 7 aromatic rings. The third-order valence-corrected chi connectivity index (χ3v) is 17.6. The number of halogens is 13. The number of hydrogen-bond donors (Lipinski definition) is 0. The standard InChI is InChI=1S/C21H14F3I2O3.C17H13F3IO4.C15H11F3IO3/c22-21(23,24)13-28-20(27)14-1-5-16(6-2-14)26-17-7-11-19(12-8-17)29-18-9-3-15(25)4-10-18;1-11(22)25-15-8-6-14(7-9-15)21-13-4-2-12(3-5-13)16(23)24-10-17(18,19)20;1-21-14(20)10-2-4-11(5-3-10)19-12-6-8-13(9-7-12)22-15(16,17)18/h1-12H,13H2;2-9H,10H2,1H3;2-9H,1H3/q3*+1. The van der Waals surface area contributed by atoms with E-state index >= 15 is 0 Å². The van der Waals surface area contributed by atoms with Gasteiger partial charge in [0.2, 0.25) is 0 Å². The van der Waals surface area contributed by atoms with E-state index in [1.807, 2.05) is 72.8 Å². The average molecular weight is 1510 g/mol. The van der Waals surface area contributed by atoms with Crippen LogP contribution in [0.3, 0.4) is 0 Å². The second kappa shape index (κ2) is 29.2. The molecule has 23 heteroatoms. The summed E-state index contributed by atoms with van der Waals surface area (Å²) in [6.45, 7) is -1.87. The molecule has 0 aliphatic heterocycles. The van der Waals surface area contributed by atoms with Crippen LogP contribution >= 0.6 is 22.6 Å². The average Bonchev–Trinajstić information content (AvgIpc) is 3.37. The Bertz CT molecular complexity index is 2980. The third-order valence-electron chi connectivity index (χ3n) is 8.80. The first kappa shape index (κ1) is 61.2. The number of carbonyl (C=O) groups excluding carboxylic acids is 4. The van der Waals surface area contributed by atoms with Gasteiger partial charge in [-0.15, -0.1) is 13.2 Å². The van der Waals surface area contributed by atoms with Crippen LogP contribution < -0.4 is 77.8 Å². The molecular weight excluding hydrogens is 1480 g/mol. The van der Waals surface area contributed by atoms with Crippen LogP contribution in [0.2, 0.25) is 0 Å². The molecular formula is C53H38F9I4O10+3. The Kier molecular flexibility index (Phi) is 23.5. The largest absolute Gasteiger partial charge is 0.573 e. The van der Waals surface area contributed by atoms with Gasteiger partial charge in [-0.3, -0.25) is 4.79 Å². The van der Waals surface area contributed by atoms with Crippen LogP contribution in [0.1, 0.15) is 38.0 Å². The molecule has 0 fully saturated rings. The molecule has 0 atom stereocenters. The summed E-state index contributed by atoms with van der Waals surface area (Å²) in [5.41, 5.74) is 0.634. The summed E-state index contributed by atoms with van der Waals surface area (Å²) >= 11 is 0.653. The van der Waals surface area contributed by atoms with Gasteiger partial charge >= 0.3 is 106 Å². The van der Waals surface area contributed by atoms with Gasteiger partial charge in [-0.2, -0.15) is 26.3 Å². The number of benzene rings is 7. The third kappa shape index (κ3) is 23.3. The van der Waals surface area contributed by atoms with E-state index in [-0.39, 0.29) is 16.9 Å².